The van der Waals surface area contributed by atoms with Crippen LogP contribution in [-0.4, -0.2) is 40.6 Å². The highest BCUT2D eigenvalue weighted by Crippen LogP contribution is 2.19. The van der Waals surface area contributed by atoms with Crippen molar-refractivity contribution in [3.05, 3.63) is 29.3 Å². The summed E-state index contributed by atoms with van der Waals surface area (Å²) in [5.74, 6) is -1.43. The maximum Gasteiger partial charge on any atom is 0.305 e. The molecule has 0 saturated heterocycles. The molecule has 0 heterocycles. The number of carbonyl (C=O) groups is 2. The van der Waals surface area contributed by atoms with Gasteiger partial charge < -0.3 is 15.1 Å². The van der Waals surface area contributed by atoms with Gasteiger partial charge in [0, 0.05) is 13.6 Å². The number of carboxylic acids is 1. The zero-order chi connectivity index (χ0) is 13.0. The molecule has 0 aliphatic carbocycles. The van der Waals surface area contributed by atoms with Crippen LogP contribution in [0.15, 0.2) is 18.2 Å². The molecule has 1 aromatic carbocycles. The summed E-state index contributed by atoms with van der Waals surface area (Å²) in [4.78, 5) is 23.5. The lowest BCUT2D eigenvalue weighted by Gasteiger charge is -2.16. The third-order valence-corrected chi connectivity index (χ3v) is 2.39. The summed E-state index contributed by atoms with van der Waals surface area (Å²) >= 11 is 0. The van der Waals surface area contributed by atoms with E-state index in [2.05, 4.69) is 0 Å². The van der Waals surface area contributed by atoms with E-state index in [4.69, 9.17) is 5.11 Å². The highest BCUT2D eigenvalue weighted by atomic mass is 16.4. The van der Waals surface area contributed by atoms with Crippen molar-refractivity contribution in [2.75, 3.05) is 13.6 Å². The number of benzene rings is 1. The van der Waals surface area contributed by atoms with Gasteiger partial charge >= 0.3 is 5.97 Å². The smallest absolute Gasteiger partial charge is 0.305 e. The van der Waals surface area contributed by atoms with E-state index in [9.17, 15) is 14.7 Å². The molecular weight excluding hydrogens is 222 g/mol. The molecule has 0 fully saturated rings. The van der Waals surface area contributed by atoms with Crippen molar-refractivity contribution in [3.8, 4) is 5.75 Å². The summed E-state index contributed by atoms with van der Waals surface area (Å²) in [6, 6.07) is 4.75. The molecule has 0 spiro atoms. The van der Waals surface area contributed by atoms with Crippen molar-refractivity contribution in [3.63, 3.8) is 0 Å². The van der Waals surface area contributed by atoms with Crippen molar-refractivity contribution < 1.29 is 19.8 Å². The number of aliphatic carboxylic acids is 1. The van der Waals surface area contributed by atoms with Gasteiger partial charge in [-0.2, -0.15) is 0 Å². The first-order chi connectivity index (χ1) is 7.91. The van der Waals surface area contributed by atoms with Crippen LogP contribution in [0.5, 0.6) is 5.75 Å². The summed E-state index contributed by atoms with van der Waals surface area (Å²) < 4.78 is 0. The number of hydrogen-bond donors (Lipinski definition) is 2. The monoisotopic (exact) mass is 237 g/mol. The van der Waals surface area contributed by atoms with Crippen molar-refractivity contribution in [2.24, 2.45) is 0 Å². The number of carboxylic acid groups (broad SMARTS) is 1. The Labute approximate surface area is 99.3 Å². The zero-order valence-corrected chi connectivity index (χ0v) is 9.80. The number of aromatic hydroxyl groups is 1. The second-order valence-corrected chi connectivity index (χ2v) is 3.89. The van der Waals surface area contributed by atoms with Crippen LogP contribution in [0.3, 0.4) is 0 Å². The maximum atomic E-state index is 11.9. The van der Waals surface area contributed by atoms with Gasteiger partial charge in [0.2, 0.25) is 0 Å². The Morgan fingerprint density at radius 1 is 1.35 bits per heavy atom. The lowest BCUT2D eigenvalue weighted by molar-refractivity contribution is -0.137. The van der Waals surface area contributed by atoms with Gasteiger partial charge in [-0.15, -0.1) is 0 Å². The van der Waals surface area contributed by atoms with Crippen molar-refractivity contribution in [2.45, 2.75) is 13.3 Å². The van der Waals surface area contributed by atoms with Crippen LogP contribution in [0, 0.1) is 6.92 Å². The van der Waals surface area contributed by atoms with Crippen molar-refractivity contribution in [1.29, 1.82) is 0 Å². The molecule has 0 saturated carbocycles. The van der Waals surface area contributed by atoms with E-state index in [0.717, 1.165) is 5.56 Å². The molecule has 17 heavy (non-hydrogen) atoms. The van der Waals surface area contributed by atoms with Gasteiger partial charge in [-0.1, -0.05) is 6.07 Å². The average Bonchev–Trinajstić information content (AvgIpc) is 2.25. The minimum Gasteiger partial charge on any atom is -0.507 e. The number of hydrogen-bond acceptors (Lipinski definition) is 3. The molecule has 92 valence electrons. The molecule has 1 amide bonds. The minimum absolute atomic E-state index is 0.0859. The first-order valence-corrected chi connectivity index (χ1v) is 5.18. The molecule has 1 aromatic rings. The molecule has 0 aliphatic rings. The summed E-state index contributed by atoms with van der Waals surface area (Å²) in [5, 5.41) is 18.1. The summed E-state index contributed by atoms with van der Waals surface area (Å²) in [6.45, 7) is 1.92. The van der Waals surface area contributed by atoms with Crippen LogP contribution in [0.1, 0.15) is 22.3 Å². The number of rotatable bonds is 4. The summed E-state index contributed by atoms with van der Waals surface area (Å²) in [5.41, 5.74) is 1.04. The zero-order valence-electron chi connectivity index (χ0n) is 9.80. The Morgan fingerprint density at radius 3 is 2.53 bits per heavy atom. The predicted molar refractivity (Wildman–Crippen MR) is 62.1 cm³/mol. The lowest BCUT2D eigenvalue weighted by Crippen LogP contribution is -2.29. The first kappa shape index (κ1) is 13.0. The minimum atomic E-state index is -0.960. The second kappa shape index (κ2) is 5.34. The Bertz CT molecular complexity index is 442. The molecule has 0 unspecified atom stereocenters. The fourth-order valence-electron chi connectivity index (χ4n) is 1.39. The summed E-state index contributed by atoms with van der Waals surface area (Å²) in [7, 11) is 1.50. The fourth-order valence-corrected chi connectivity index (χ4v) is 1.39. The third-order valence-electron chi connectivity index (χ3n) is 2.39. The van der Waals surface area contributed by atoms with E-state index in [1.54, 1.807) is 6.07 Å². The lowest BCUT2D eigenvalue weighted by atomic mass is 10.1. The van der Waals surface area contributed by atoms with E-state index in [1.807, 2.05) is 6.92 Å². The summed E-state index contributed by atoms with van der Waals surface area (Å²) in [6.07, 6.45) is -0.116. The Hall–Kier alpha value is -2.04. The highest BCUT2D eigenvalue weighted by Gasteiger charge is 2.16. The Kier molecular flexibility index (Phi) is 4.09. The van der Waals surface area contributed by atoms with Crippen LogP contribution in [0.2, 0.25) is 0 Å². The highest BCUT2D eigenvalue weighted by molar-refractivity contribution is 5.96. The van der Waals surface area contributed by atoms with E-state index < -0.39 is 5.97 Å². The van der Waals surface area contributed by atoms with Crippen LogP contribution in [0.4, 0.5) is 0 Å². The number of phenolic OH excluding ortho intramolecular Hbond substituents is 1. The van der Waals surface area contributed by atoms with Gasteiger partial charge in [0.1, 0.15) is 5.75 Å². The number of carbonyl (C=O) groups excluding carboxylic acids is 1. The molecule has 0 atom stereocenters. The second-order valence-electron chi connectivity index (χ2n) is 3.89. The molecule has 0 aliphatic heterocycles. The topological polar surface area (TPSA) is 77.8 Å². The number of nitrogens with zero attached hydrogens (tertiary/aromatic N) is 1. The first-order valence-electron chi connectivity index (χ1n) is 5.18. The van der Waals surface area contributed by atoms with E-state index >= 15 is 0 Å². The maximum absolute atomic E-state index is 11.9. The van der Waals surface area contributed by atoms with Gasteiger partial charge in [-0.05, 0) is 24.6 Å². The standard InChI is InChI=1S/C12H15NO4/c1-8-3-4-9(10(14)7-8)12(17)13(2)6-5-11(15)16/h3-4,7,14H,5-6H2,1-2H3,(H,15,16). The van der Waals surface area contributed by atoms with Gasteiger partial charge in [-0.25, -0.2) is 0 Å². The van der Waals surface area contributed by atoms with Crippen LogP contribution in [-0.2, 0) is 4.79 Å². The predicted octanol–water partition coefficient (Wildman–Crippen LogP) is 1.25. The van der Waals surface area contributed by atoms with Crippen LogP contribution in [0.25, 0.3) is 0 Å². The molecule has 1 rings (SSSR count). The van der Waals surface area contributed by atoms with Gasteiger partial charge in [0.05, 0.1) is 12.0 Å². The molecule has 2 N–H and O–H groups in total. The van der Waals surface area contributed by atoms with Gasteiger partial charge in [0.15, 0.2) is 0 Å². The van der Waals surface area contributed by atoms with E-state index in [0.29, 0.717) is 0 Å². The number of amides is 1. The number of aryl methyl sites for hydroxylation is 1. The normalized spacial score (nSPS) is 10.0. The van der Waals surface area contributed by atoms with E-state index in [-0.39, 0.29) is 30.2 Å². The largest absolute Gasteiger partial charge is 0.507 e. The SMILES string of the molecule is Cc1ccc(C(=O)N(C)CCC(=O)O)c(O)c1. The van der Waals surface area contributed by atoms with Crippen LogP contribution < -0.4 is 0 Å². The molecule has 5 heteroatoms. The molecule has 0 radical (unpaired) electrons. The van der Waals surface area contributed by atoms with Crippen molar-refractivity contribution >= 4 is 11.9 Å². The van der Waals surface area contributed by atoms with Gasteiger partial charge in [-0.3, -0.25) is 9.59 Å². The molecule has 5 nitrogen and oxygen atoms in total. The van der Waals surface area contributed by atoms with E-state index in [1.165, 1.54) is 24.1 Å². The average molecular weight is 237 g/mol. The van der Waals surface area contributed by atoms with Gasteiger partial charge in [0.25, 0.3) is 5.91 Å². The fraction of sp³-hybridized carbons (Fsp3) is 0.333. The quantitative estimate of drug-likeness (QED) is 0.826. The number of phenols is 1. The Balaban J connectivity index is 2.78. The van der Waals surface area contributed by atoms with Crippen molar-refractivity contribution in [1.82, 2.24) is 4.90 Å². The molecule has 0 aromatic heterocycles. The van der Waals surface area contributed by atoms with Crippen LogP contribution >= 0.6 is 0 Å². The Morgan fingerprint density at radius 2 is 2.00 bits per heavy atom. The molecular formula is C12H15NO4. The molecule has 0 bridgehead atoms. The third kappa shape index (κ3) is 3.48.